The standard InChI is InChI=1S/C44H86N2O22/c1-5-68-43(49)9-7-6-8-41(47)45-34-42(48)46-44(35-65-38-62-31-28-59-25-22-56-19-16-53-13-10-50-2,36-66-39-63-32-29-60-26-23-57-20-17-54-14-11-51-3)37-67-40-64-33-30-61-27-24-58-21-18-55-15-12-52-4/h5-40H2,1-4H3,(H,45,47)(H,46,48). The molecule has 0 aromatic rings. The van der Waals surface area contributed by atoms with Gasteiger partial charge in [0.15, 0.2) is 0 Å². The lowest BCUT2D eigenvalue weighted by molar-refractivity contribution is -0.151. The quantitative estimate of drug-likeness (QED) is 0.0467. The lowest BCUT2D eigenvalue weighted by Crippen LogP contribution is -2.60. The van der Waals surface area contributed by atoms with Crippen molar-refractivity contribution in [3.05, 3.63) is 0 Å². The number of unbranched alkanes of at least 4 members (excludes halogenated alkanes) is 1. The minimum atomic E-state index is -1.29. The van der Waals surface area contributed by atoms with Crippen molar-refractivity contribution in [1.29, 1.82) is 0 Å². The van der Waals surface area contributed by atoms with Gasteiger partial charge in [-0.3, -0.25) is 14.4 Å². The normalized spacial score (nSPS) is 11.6. The van der Waals surface area contributed by atoms with Crippen molar-refractivity contribution in [2.45, 2.75) is 38.1 Å². The fraction of sp³-hybridized carbons (Fsp3) is 0.932. The Morgan fingerprint density at radius 2 is 0.662 bits per heavy atom. The number of hydrogen-bond acceptors (Lipinski definition) is 22. The summed E-state index contributed by atoms with van der Waals surface area (Å²) in [5.74, 6) is -1.20. The van der Waals surface area contributed by atoms with Crippen molar-refractivity contribution in [3.63, 3.8) is 0 Å². The number of carbonyl (C=O) groups is 3. The second kappa shape index (κ2) is 54.0. The summed E-state index contributed by atoms with van der Waals surface area (Å²) in [6.45, 7) is 10.7. The van der Waals surface area contributed by atoms with Gasteiger partial charge in [0.1, 0.15) is 25.9 Å². The number of nitrogens with one attached hydrogen (secondary N) is 2. The van der Waals surface area contributed by atoms with Crippen LogP contribution in [0.2, 0.25) is 0 Å². The van der Waals surface area contributed by atoms with Crippen LogP contribution in [0.5, 0.6) is 0 Å². The van der Waals surface area contributed by atoms with Crippen LogP contribution in [0.1, 0.15) is 32.6 Å². The maximum atomic E-state index is 13.4. The van der Waals surface area contributed by atoms with E-state index in [0.717, 1.165) is 0 Å². The van der Waals surface area contributed by atoms with Gasteiger partial charge in [-0.2, -0.15) is 0 Å². The van der Waals surface area contributed by atoms with Gasteiger partial charge in [-0.1, -0.05) is 0 Å². The third kappa shape index (κ3) is 48.7. The van der Waals surface area contributed by atoms with Crippen molar-refractivity contribution in [2.24, 2.45) is 0 Å². The third-order valence-electron chi connectivity index (χ3n) is 8.47. The summed E-state index contributed by atoms with van der Waals surface area (Å²) in [6.07, 6.45) is 1.26. The Hall–Kier alpha value is -2.31. The van der Waals surface area contributed by atoms with E-state index in [9.17, 15) is 14.4 Å². The smallest absolute Gasteiger partial charge is 0.305 e. The molecule has 0 fully saturated rings. The van der Waals surface area contributed by atoms with E-state index in [1.807, 2.05) is 0 Å². The van der Waals surface area contributed by atoms with Crippen LogP contribution in [0.15, 0.2) is 0 Å². The summed E-state index contributed by atoms with van der Waals surface area (Å²) < 4.78 is 103. The molecule has 404 valence electrons. The number of esters is 1. The van der Waals surface area contributed by atoms with E-state index in [1.165, 1.54) is 0 Å². The zero-order valence-electron chi connectivity index (χ0n) is 41.4. The van der Waals surface area contributed by atoms with Gasteiger partial charge in [-0.15, -0.1) is 0 Å². The van der Waals surface area contributed by atoms with Crippen LogP contribution in [0.4, 0.5) is 0 Å². The Labute approximate surface area is 403 Å². The molecule has 24 nitrogen and oxygen atoms in total. The van der Waals surface area contributed by atoms with E-state index >= 15 is 0 Å². The summed E-state index contributed by atoms with van der Waals surface area (Å²) in [5.41, 5.74) is -1.29. The van der Waals surface area contributed by atoms with Gasteiger partial charge in [0, 0.05) is 34.2 Å². The number of hydrogen-bond donors (Lipinski definition) is 2. The highest BCUT2D eigenvalue weighted by molar-refractivity contribution is 5.85. The molecule has 0 aliphatic rings. The molecule has 0 aromatic carbocycles. The van der Waals surface area contributed by atoms with Gasteiger partial charge in [-0.25, -0.2) is 0 Å². The van der Waals surface area contributed by atoms with Gasteiger partial charge >= 0.3 is 5.97 Å². The van der Waals surface area contributed by atoms with E-state index in [-0.39, 0.29) is 91.3 Å². The van der Waals surface area contributed by atoms with Crippen LogP contribution in [0.3, 0.4) is 0 Å². The maximum absolute atomic E-state index is 13.4. The first-order valence-electron chi connectivity index (χ1n) is 23.3. The van der Waals surface area contributed by atoms with Crippen LogP contribution >= 0.6 is 0 Å². The Morgan fingerprint density at radius 1 is 0.368 bits per heavy atom. The molecule has 0 aromatic heterocycles. The van der Waals surface area contributed by atoms with Crippen molar-refractivity contribution in [2.75, 3.05) is 233 Å². The first-order chi connectivity index (χ1) is 33.4. The summed E-state index contributed by atoms with van der Waals surface area (Å²) in [7, 11) is 4.84. The van der Waals surface area contributed by atoms with E-state index < -0.39 is 11.4 Å². The summed E-state index contributed by atoms with van der Waals surface area (Å²) >= 11 is 0. The van der Waals surface area contributed by atoms with Gasteiger partial charge in [-0.05, 0) is 19.8 Å². The molecule has 0 saturated carbocycles. The van der Waals surface area contributed by atoms with Gasteiger partial charge in [0.25, 0.3) is 0 Å². The number of amides is 2. The molecular weight excluding hydrogens is 908 g/mol. The van der Waals surface area contributed by atoms with Crippen molar-refractivity contribution >= 4 is 17.8 Å². The van der Waals surface area contributed by atoms with E-state index in [2.05, 4.69) is 10.6 Å². The van der Waals surface area contributed by atoms with Crippen LogP contribution in [-0.2, 0) is 104 Å². The zero-order chi connectivity index (χ0) is 49.5. The minimum Gasteiger partial charge on any atom is -0.466 e. The van der Waals surface area contributed by atoms with Crippen molar-refractivity contribution < 1.29 is 104 Å². The maximum Gasteiger partial charge on any atom is 0.305 e. The molecule has 0 heterocycles. The van der Waals surface area contributed by atoms with Gasteiger partial charge in [0.2, 0.25) is 11.8 Å². The molecule has 0 bridgehead atoms. The Balaban J connectivity index is 5.18. The molecule has 0 rings (SSSR count). The molecule has 0 aliphatic carbocycles. The summed E-state index contributed by atoms with van der Waals surface area (Å²) in [5, 5.41) is 5.53. The molecule has 0 spiro atoms. The molecule has 24 heteroatoms. The number of methoxy groups -OCH3 is 3. The molecule has 0 atom stereocenters. The van der Waals surface area contributed by atoms with Crippen molar-refractivity contribution in [1.82, 2.24) is 10.6 Å². The largest absolute Gasteiger partial charge is 0.466 e. The third-order valence-corrected chi connectivity index (χ3v) is 8.47. The molecule has 0 unspecified atom stereocenters. The zero-order valence-corrected chi connectivity index (χ0v) is 41.4. The first-order valence-corrected chi connectivity index (χ1v) is 23.3. The first kappa shape index (κ1) is 65.7. The minimum absolute atomic E-state index is 0.122. The van der Waals surface area contributed by atoms with Gasteiger partial charge < -0.3 is 101 Å². The highest BCUT2D eigenvalue weighted by atomic mass is 16.7. The lowest BCUT2D eigenvalue weighted by Gasteiger charge is -2.34. The van der Waals surface area contributed by atoms with Crippen LogP contribution in [0, 0.1) is 0 Å². The summed E-state index contributed by atoms with van der Waals surface area (Å²) in [4.78, 5) is 37.6. The fourth-order valence-electron chi connectivity index (χ4n) is 5.10. The van der Waals surface area contributed by atoms with E-state index in [0.29, 0.717) is 158 Å². The SMILES string of the molecule is CCOC(=O)CCCCC(=O)NCC(=O)NC(COCOCCOCCOCCOCCOC)(COCOCCOCCOCCOCCOC)COCOCCOCCOCCOCCOC. The van der Waals surface area contributed by atoms with Crippen LogP contribution in [-0.4, -0.2) is 257 Å². The average molecular weight is 995 g/mol. The van der Waals surface area contributed by atoms with E-state index in [1.54, 1.807) is 28.3 Å². The highest BCUT2D eigenvalue weighted by Crippen LogP contribution is 2.10. The second-order valence-corrected chi connectivity index (χ2v) is 14.2. The van der Waals surface area contributed by atoms with Crippen molar-refractivity contribution in [3.8, 4) is 0 Å². The molecule has 2 N–H and O–H groups in total. The Morgan fingerprint density at radius 3 is 0.971 bits per heavy atom. The summed E-state index contributed by atoms with van der Waals surface area (Å²) in [6, 6.07) is 0. The predicted octanol–water partition coefficient (Wildman–Crippen LogP) is 0.142. The van der Waals surface area contributed by atoms with Gasteiger partial charge in [0.05, 0.1) is 192 Å². The number of rotatable bonds is 57. The number of carbonyl (C=O) groups excluding carboxylic acids is 3. The highest BCUT2D eigenvalue weighted by Gasteiger charge is 2.34. The monoisotopic (exact) mass is 995 g/mol. The molecule has 68 heavy (non-hydrogen) atoms. The number of ether oxygens (including phenoxy) is 19. The Bertz CT molecular complexity index is 1000. The van der Waals surface area contributed by atoms with E-state index in [4.69, 9.17) is 90.0 Å². The fourth-order valence-corrected chi connectivity index (χ4v) is 5.10. The van der Waals surface area contributed by atoms with Crippen LogP contribution < -0.4 is 10.6 Å². The Kier molecular flexibility index (Phi) is 52.2. The molecule has 0 aliphatic heterocycles. The average Bonchev–Trinajstić information content (AvgIpc) is 3.33. The predicted molar refractivity (Wildman–Crippen MR) is 242 cm³/mol. The molecular formula is C44H86N2O22. The lowest BCUT2D eigenvalue weighted by atomic mass is 10.0. The van der Waals surface area contributed by atoms with Crippen LogP contribution in [0.25, 0.3) is 0 Å². The topological polar surface area (TPSA) is 251 Å². The molecule has 2 amide bonds. The second-order valence-electron chi connectivity index (χ2n) is 14.2. The molecule has 0 saturated heterocycles. The molecule has 0 radical (unpaired) electrons.